The predicted molar refractivity (Wildman–Crippen MR) is 65.5 cm³/mol. The molecule has 20 heavy (non-hydrogen) atoms. The minimum absolute atomic E-state index is 0.354. The maximum atomic E-state index is 10.8. The highest BCUT2D eigenvalue weighted by atomic mass is 17.0. The van der Waals surface area contributed by atoms with Crippen molar-refractivity contribution in [2.24, 2.45) is 17.3 Å². The van der Waals surface area contributed by atoms with Crippen LogP contribution in [0.5, 0.6) is 0 Å². The molecule has 0 spiro atoms. The van der Waals surface area contributed by atoms with Crippen LogP contribution in [-0.2, 0) is 9.68 Å². The van der Waals surface area contributed by atoms with E-state index in [9.17, 15) is 20.2 Å². The highest BCUT2D eigenvalue weighted by Gasteiger charge is 2.61. The molecular weight excluding hydrogens is 268 g/mol. The van der Waals surface area contributed by atoms with Gasteiger partial charge in [-0.1, -0.05) is 0 Å². The fourth-order valence-corrected chi connectivity index (χ4v) is 5.23. The normalized spacial score (nSPS) is 43.0. The lowest BCUT2D eigenvalue weighted by Gasteiger charge is -2.61. The Labute approximate surface area is 115 Å². The highest BCUT2D eigenvalue weighted by Crippen LogP contribution is 2.64. The molecule has 5 atom stereocenters. The molecule has 8 heteroatoms. The number of hydrogen-bond donors (Lipinski definition) is 0. The summed E-state index contributed by atoms with van der Waals surface area (Å²) in [6.07, 6.45) is 4.08. The molecule has 0 saturated heterocycles. The third kappa shape index (κ3) is 2.06. The van der Waals surface area contributed by atoms with Crippen LogP contribution in [0.15, 0.2) is 0 Å². The Kier molecular flexibility index (Phi) is 2.81. The zero-order chi connectivity index (χ0) is 14.5. The average Bonchev–Trinajstić information content (AvgIpc) is 2.23. The third-order valence-corrected chi connectivity index (χ3v) is 5.43. The van der Waals surface area contributed by atoms with Crippen LogP contribution in [0, 0.1) is 37.5 Å². The summed E-state index contributed by atoms with van der Waals surface area (Å²) < 4.78 is 0. The second-order valence-corrected chi connectivity index (χ2v) is 6.79. The monoisotopic (exact) mass is 286 g/mol. The van der Waals surface area contributed by atoms with E-state index in [-0.39, 0.29) is 5.41 Å². The van der Waals surface area contributed by atoms with Crippen LogP contribution >= 0.6 is 0 Å². The summed E-state index contributed by atoms with van der Waals surface area (Å²) in [6.45, 7) is 1.70. The van der Waals surface area contributed by atoms with Crippen LogP contribution in [0.2, 0.25) is 0 Å². The number of rotatable bonds is 5. The summed E-state index contributed by atoms with van der Waals surface area (Å²) in [5.41, 5.74) is -1.10. The molecule has 0 aliphatic heterocycles. The molecule has 0 aromatic heterocycles. The lowest BCUT2D eigenvalue weighted by molar-refractivity contribution is -0.789. The van der Waals surface area contributed by atoms with E-state index < -0.39 is 21.9 Å². The predicted octanol–water partition coefficient (Wildman–Crippen LogP) is 2.13. The lowest BCUT2D eigenvalue weighted by atomic mass is 9.46. The van der Waals surface area contributed by atoms with Gasteiger partial charge in [-0.05, 0) is 62.7 Å². The molecule has 0 radical (unpaired) electrons. The van der Waals surface area contributed by atoms with Crippen molar-refractivity contribution in [2.45, 2.75) is 57.2 Å². The van der Waals surface area contributed by atoms with Crippen molar-refractivity contribution in [3.63, 3.8) is 0 Å². The molecule has 0 N–H and O–H groups in total. The number of hydrogen-bond acceptors (Lipinski definition) is 6. The quantitative estimate of drug-likeness (QED) is 0.566. The second-order valence-electron chi connectivity index (χ2n) is 6.79. The zero-order valence-corrected chi connectivity index (χ0v) is 11.3. The van der Waals surface area contributed by atoms with E-state index in [2.05, 4.69) is 0 Å². The van der Waals surface area contributed by atoms with Gasteiger partial charge in [0.25, 0.3) is 10.2 Å². The van der Waals surface area contributed by atoms with Crippen molar-refractivity contribution in [2.75, 3.05) is 0 Å². The molecule has 4 fully saturated rings. The maximum absolute atomic E-state index is 10.8. The first kappa shape index (κ1) is 13.4. The smallest absolute Gasteiger partial charge is 0.295 e. The van der Waals surface area contributed by atoms with Crippen LogP contribution in [0.1, 0.15) is 45.4 Å². The molecular formula is C12H18N2O6. The lowest BCUT2D eigenvalue weighted by Crippen LogP contribution is -2.60. The fourth-order valence-electron chi connectivity index (χ4n) is 5.23. The maximum Gasteiger partial charge on any atom is 0.295 e. The summed E-state index contributed by atoms with van der Waals surface area (Å²) >= 11 is 0. The molecule has 8 nitrogen and oxygen atoms in total. The van der Waals surface area contributed by atoms with Gasteiger partial charge < -0.3 is 9.68 Å². The van der Waals surface area contributed by atoms with E-state index in [1.807, 2.05) is 0 Å². The van der Waals surface area contributed by atoms with Gasteiger partial charge in [0, 0.05) is 0 Å². The van der Waals surface area contributed by atoms with E-state index in [4.69, 9.17) is 9.68 Å². The Morgan fingerprint density at radius 1 is 1.10 bits per heavy atom. The Bertz CT molecular complexity index is 439. The molecule has 4 aliphatic rings. The van der Waals surface area contributed by atoms with Crippen LogP contribution < -0.4 is 0 Å². The first-order valence-corrected chi connectivity index (χ1v) is 6.97. The SMILES string of the molecule is C[C@H](O[N+](=O)[O-])C12C[C@@H]3C[C@@H](CC(O[N+](=O)[O-])(C3)C1)C2. The van der Waals surface area contributed by atoms with Crippen LogP contribution in [0.3, 0.4) is 0 Å². The Morgan fingerprint density at radius 3 is 2.20 bits per heavy atom. The van der Waals surface area contributed by atoms with Crippen molar-refractivity contribution in [1.82, 2.24) is 0 Å². The molecule has 4 rings (SSSR count). The van der Waals surface area contributed by atoms with Gasteiger partial charge in [0.2, 0.25) is 0 Å². The van der Waals surface area contributed by atoms with Crippen molar-refractivity contribution < 1.29 is 19.8 Å². The molecule has 112 valence electrons. The van der Waals surface area contributed by atoms with Gasteiger partial charge in [-0.2, -0.15) is 0 Å². The van der Waals surface area contributed by atoms with Crippen LogP contribution in [-0.4, -0.2) is 21.9 Å². The first-order chi connectivity index (χ1) is 9.32. The summed E-state index contributed by atoms with van der Waals surface area (Å²) in [7, 11) is 0. The highest BCUT2D eigenvalue weighted by molar-refractivity contribution is 5.10. The summed E-state index contributed by atoms with van der Waals surface area (Å²) in [5, 5.41) is 19.9. The molecule has 0 amide bonds. The van der Waals surface area contributed by atoms with Gasteiger partial charge in [0.1, 0.15) is 11.7 Å². The Hall–Kier alpha value is -1.60. The zero-order valence-electron chi connectivity index (χ0n) is 11.3. The van der Waals surface area contributed by atoms with Gasteiger partial charge in [-0.25, -0.2) is 0 Å². The Morgan fingerprint density at radius 2 is 1.70 bits per heavy atom. The third-order valence-electron chi connectivity index (χ3n) is 5.43. The van der Waals surface area contributed by atoms with E-state index in [0.29, 0.717) is 31.1 Å². The molecule has 4 saturated carbocycles. The second kappa shape index (κ2) is 4.20. The van der Waals surface area contributed by atoms with Gasteiger partial charge in [0.05, 0.1) is 0 Å². The largest absolute Gasteiger partial charge is 0.310 e. The molecule has 2 unspecified atom stereocenters. The van der Waals surface area contributed by atoms with Crippen LogP contribution in [0.25, 0.3) is 0 Å². The van der Waals surface area contributed by atoms with Crippen molar-refractivity contribution in [3.05, 3.63) is 20.2 Å². The van der Waals surface area contributed by atoms with Crippen molar-refractivity contribution >= 4 is 0 Å². The molecule has 0 aromatic carbocycles. The van der Waals surface area contributed by atoms with E-state index in [1.165, 1.54) is 0 Å². The van der Waals surface area contributed by atoms with Crippen molar-refractivity contribution in [1.29, 1.82) is 0 Å². The van der Waals surface area contributed by atoms with Crippen molar-refractivity contribution in [3.8, 4) is 0 Å². The minimum Gasteiger partial charge on any atom is -0.310 e. The number of nitrogens with zero attached hydrogens (tertiary/aromatic N) is 2. The molecule has 4 aliphatic carbocycles. The minimum atomic E-state index is -0.760. The average molecular weight is 286 g/mol. The summed E-state index contributed by atoms with van der Waals surface area (Å²) in [6, 6.07) is 0. The van der Waals surface area contributed by atoms with Gasteiger partial charge in [-0.15, -0.1) is 20.2 Å². The summed E-state index contributed by atoms with van der Waals surface area (Å²) in [5.74, 6) is 0.711. The standard InChI is InChI=1S/C12H18N2O6/c1-8(19-13(15)16)11-3-9-2-10(4-11)6-12(5-9,7-11)20-14(17)18/h8-10H,2-7H2,1H3/t8-,9-,10+,11?,12?/m0/s1. The fraction of sp³-hybridized carbons (Fsp3) is 1.00. The van der Waals surface area contributed by atoms with E-state index >= 15 is 0 Å². The molecule has 0 aromatic rings. The topological polar surface area (TPSA) is 105 Å². The van der Waals surface area contributed by atoms with Gasteiger partial charge >= 0.3 is 0 Å². The first-order valence-electron chi connectivity index (χ1n) is 6.97. The summed E-state index contributed by atoms with van der Waals surface area (Å²) in [4.78, 5) is 31.2. The van der Waals surface area contributed by atoms with Gasteiger partial charge in [0.15, 0.2) is 0 Å². The van der Waals surface area contributed by atoms with E-state index in [0.717, 1.165) is 19.3 Å². The Balaban J connectivity index is 1.86. The van der Waals surface area contributed by atoms with E-state index in [1.54, 1.807) is 6.92 Å². The molecule has 4 bridgehead atoms. The molecule has 0 heterocycles. The van der Waals surface area contributed by atoms with Gasteiger partial charge in [-0.3, -0.25) is 0 Å². The van der Waals surface area contributed by atoms with Crippen LogP contribution in [0.4, 0.5) is 0 Å².